The summed E-state index contributed by atoms with van der Waals surface area (Å²) in [5.74, 6) is 0. The minimum atomic E-state index is -2.66. The molecule has 0 aliphatic carbocycles. The molecular weight excluding hydrogens is 372 g/mol. The first-order chi connectivity index (χ1) is 13.1. The molecule has 0 amide bonds. The third-order valence-corrected chi connectivity index (χ3v) is 13.7. The van der Waals surface area contributed by atoms with Gasteiger partial charge in [-0.1, -0.05) is 46.8 Å². The van der Waals surface area contributed by atoms with Crippen LogP contribution in [0.3, 0.4) is 0 Å². The van der Waals surface area contributed by atoms with Crippen molar-refractivity contribution in [3.63, 3.8) is 0 Å². The lowest BCUT2D eigenvalue weighted by Crippen LogP contribution is -2.60. The molecule has 6 heteroatoms. The molecule has 0 spiro atoms. The Hall–Kier alpha value is -0.246. The van der Waals surface area contributed by atoms with E-state index in [1.807, 2.05) is 0 Å². The third-order valence-electron chi connectivity index (χ3n) is 4.30. The summed E-state index contributed by atoms with van der Waals surface area (Å²) in [6.07, 6.45) is 9.01. The van der Waals surface area contributed by atoms with Crippen molar-refractivity contribution < 1.29 is 17.7 Å². The van der Waals surface area contributed by atoms with E-state index in [0.29, 0.717) is 26.4 Å². The Kier molecular flexibility index (Phi) is 15.5. The molecule has 0 aromatic heterocycles. The van der Waals surface area contributed by atoms with Gasteiger partial charge in [-0.05, 0) is 57.4 Å². The van der Waals surface area contributed by atoms with Gasteiger partial charge in [0.05, 0.1) is 5.16 Å². The predicted molar refractivity (Wildman–Crippen MR) is 120 cm³/mol. The van der Waals surface area contributed by atoms with Crippen molar-refractivity contribution >= 4 is 17.1 Å². The first-order valence-corrected chi connectivity index (χ1v) is 14.8. The molecule has 0 heterocycles. The highest BCUT2D eigenvalue weighted by atomic mass is 28.4. The Morgan fingerprint density at radius 2 is 0.889 bits per heavy atom. The molecule has 0 aliphatic rings. The molecule has 0 unspecified atom stereocenters. The van der Waals surface area contributed by atoms with Gasteiger partial charge < -0.3 is 17.7 Å². The summed E-state index contributed by atoms with van der Waals surface area (Å²) in [6.45, 7) is 17.7. The van der Waals surface area contributed by atoms with Crippen molar-refractivity contribution in [1.82, 2.24) is 0 Å². The summed E-state index contributed by atoms with van der Waals surface area (Å²) in [5.41, 5.74) is 4.42. The Labute approximate surface area is 170 Å². The van der Waals surface area contributed by atoms with Gasteiger partial charge in [-0.25, -0.2) is 0 Å². The van der Waals surface area contributed by atoms with Crippen LogP contribution < -0.4 is 0 Å². The van der Waals surface area contributed by atoms with Gasteiger partial charge in [0.1, 0.15) is 0 Å². The molecule has 0 rings (SSSR count). The van der Waals surface area contributed by atoms with Crippen LogP contribution in [0.25, 0.3) is 0 Å². The largest absolute Gasteiger partial charge is 0.391 e. The first kappa shape index (κ1) is 26.8. The van der Waals surface area contributed by atoms with Crippen molar-refractivity contribution in [3.8, 4) is 0 Å². The van der Waals surface area contributed by atoms with Gasteiger partial charge in [0.15, 0.2) is 0 Å². The van der Waals surface area contributed by atoms with Crippen molar-refractivity contribution in [3.05, 3.63) is 23.6 Å². The number of hydrogen-bond donors (Lipinski definition) is 0. The summed E-state index contributed by atoms with van der Waals surface area (Å²) in [6, 6.07) is 0. The average molecular weight is 417 g/mol. The smallest absolute Gasteiger partial charge is 0.370 e. The first-order valence-electron chi connectivity index (χ1n) is 10.9. The molecule has 27 heavy (non-hydrogen) atoms. The van der Waals surface area contributed by atoms with Crippen molar-refractivity contribution in [1.29, 1.82) is 0 Å². The van der Waals surface area contributed by atoms with E-state index in [2.05, 4.69) is 72.0 Å². The van der Waals surface area contributed by atoms with Crippen LogP contribution in [0.4, 0.5) is 0 Å². The van der Waals surface area contributed by atoms with Crippen LogP contribution in [0, 0.1) is 0 Å². The van der Waals surface area contributed by atoms with E-state index in [0.717, 1.165) is 32.1 Å². The Morgan fingerprint density at radius 1 is 0.593 bits per heavy atom. The maximum Gasteiger partial charge on any atom is 0.370 e. The summed E-state index contributed by atoms with van der Waals surface area (Å²) < 4.78 is 26.2. The molecule has 0 N–H and O–H groups in total. The second-order valence-electron chi connectivity index (χ2n) is 6.80. The Morgan fingerprint density at radius 3 is 1.07 bits per heavy atom. The molecule has 4 nitrogen and oxygen atoms in total. The van der Waals surface area contributed by atoms with E-state index in [9.17, 15) is 0 Å². The van der Waals surface area contributed by atoms with Crippen molar-refractivity contribution in [2.24, 2.45) is 0 Å². The summed E-state index contributed by atoms with van der Waals surface area (Å²) in [5, 5.41) is 0.147. The molecule has 0 atom stereocenters. The average Bonchev–Trinajstić information content (AvgIpc) is 2.68. The molecule has 0 saturated heterocycles. The van der Waals surface area contributed by atoms with Gasteiger partial charge in [-0.2, -0.15) is 0 Å². The normalized spacial score (nSPS) is 14.5. The van der Waals surface area contributed by atoms with E-state index in [1.165, 1.54) is 0 Å². The van der Waals surface area contributed by atoms with Gasteiger partial charge in [-0.3, -0.25) is 0 Å². The van der Waals surface area contributed by atoms with E-state index < -0.39 is 17.1 Å². The molecule has 0 radical (unpaired) electrons. The van der Waals surface area contributed by atoms with Crippen molar-refractivity contribution in [2.75, 3.05) is 26.4 Å². The van der Waals surface area contributed by atoms with Gasteiger partial charge >= 0.3 is 17.1 Å². The molecule has 0 saturated carbocycles. The number of rotatable bonds is 17. The molecule has 0 bridgehead atoms. The van der Waals surface area contributed by atoms with Gasteiger partial charge in [0.2, 0.25) is 0 Å². The summed E-state index contributed by atoms with van der Waals surface area (Å²) in [7, 11) is -5.32. The lowest BCUT2D eigenvalue weighted by atomic mass is 10.5. The van der Waals surface area contributed by atoms with Crippen LogP contribution in [0.2, 0.25) is 5.16 Å². The van der Waals surface area contributed by atoms with Crippen LogP contribution in [0.5, 0.6) is 0 Å². The minimum absolute atomic E-state index is 0.147. The fraction of sp³-hybridized carbons (Fsp3) is 0.810. The van der Waals surface area contributed by atoms with Crippen LogP contribution >= 0.6 is 0 Å². The van der Waals surface area contributed by atoms with Crippen LogP contribution in [0.15, 0.2) is 23.6 Å². The molecule has 0 aromatic carbocycles. The van der Waals surface area contributed by atoms with Gasteiger partial charge in [-0.15, -0.1) is 0 Å². The van der Waals surface area contributed by atoms with Crippen LogP contribution in [-0.4, -0.2) is 43.5 Å². The zero-order chi connectivity index (χ0) is 20.6. The standard InChI is InChI=1S/C21H44O4Si2/c1-8-15-22-26(19-12-5,23-16-9-2)21(14-7)27(20-13-6,24-17-10-3)25-18-11-4/h12-13,19-21H,8-11,14-18H2,1-7H3. The second-order valence-corrected chi connectivity index (χ2v) is 13.5. The highest BCUT2D eigenvalue weighted by Gasteiger charge is 2.58. The monoisotopic (exact) mass is 416 g/mol. The maximum absolute atomic E-state index is 6.56. The highest BCUT2D eigenvalue weighted by molar-refractivity contribution is 6.93. The van der Waals surface area contributed by atoms with E-state index in [4.69, 9.17) is 17.7 Å². The predicted octanol–water partition coefficient (Wildman–Crippen LogP) is 6.13. The maximum atomic E-state index is 6.56. The number of allylic oxidation sites excluding steroid dienone is 2. The van der Waals surface area contributed by atoms with Gasteiger partial charge in [0.25, 0.3) is 0 Å². The zero-order valence-corrected chi connectivity index (χ0v) is 20.9. The van der Waals surface area contributed by atoms with Gasteiger partial charge in [0, 0.05) is 26.4 Å². The number of hydrogen-bond acceptors (Lipinski definition) is 4. The fourth-order valence-corrected chi connectivity index (χ4v) is 13.1. The topological polar surface area (TPSA) is 36.9 Å². The Bertz CT molecular complexity index is 361. The quantitative estimate of drug-likeness (QED) is 0.267. The summed E-state index contributed by atoms with van der Waals surface area (Å²) >= 11 is 0. The molecular formula is C21H44O4Si2. The highest BCUT2D eigenvalue weighted by Crippen LogP contribution is 2.40. The zero-order valence-electron chi connectivity index (χ0n) is 18.9. The lowest BCUT2D eigenvalue weighted by Gasteiger charge is -2.43. The fourth-order valence-electron chi connectivity index (χ4n) is 3.27. The third kappa shape index (κ3) is 8.34. The van der Waals surface area contributed by atoms with Crippen LogP contribution in [-0.2, 0) is 17.7 Å². The SMILES string of the molecule is CC=C[Si](OCCC)(OCCC)C(CC)[Si](C=CC)(OCCC)OCCC. The minimum Gasteiger partial charge on any atom is -0.391 e. The van der Waals surface area contributed by atoms with E-state index >= 15 is 0 Å². The molecule has 0 fully saturated rings. The Balaban J connectivity index is 6.26. The molecule has 160 valence electrons. The van der Waals surface area contributed by atoms with E-state index in [1.54, 1.807) is 0 Å². The van der Waals surface area contributed by atoms with Crippen LogP contribution in [0.1, 0.15) is 80.6 Å². The second kappa shape index (κ2) is 15.7. The molecule has 0 aromatic rings. The summed E-state index contributed by atoms with van der Waals surface area (Å²) in [4.78, 5) is 0. The van der Waals surface area contributed by atoms with Crippen molar-refractivity contribution in [2.45, 2.75) is 85.7 Å². The van der Waals surface area contributed by atoms with E-state index in [-0.39, 0.29) is 5.16 Å². The molecule has 0 aliphatic heterocycles. The lowest BCUT2D eigenvalue weighted by molar-refractivity contribution is 0.145.